The van der Waals surface area contributed by atoms with Crippen molar-refractivity contribution in [3.8, 4) is 10.7 Å². The van der Waals surface area contributed by atoms with Gasteiger partial charge in [0.2, 0.25) is 5.91 Å². The van der Waals surface area contributed by atoms with E-state index >= 15 is 0 Å². The first kappa shape index (κ1) is 20.8. The minimum Gasteiger partial charge on any atom is -0.364 e. The molecular weight excluding hydrogens is 424 g/mol. The van der Waals surface area contributed by atoms with Gasteiger partial charge in [-0.3, -0.25) is 14.6 Å². The van der Waals surface area contributed by atoms with Gasteiger partial charge in [-0.2, -0.15) is 0 Å². The summed E-state index contributed by atoms with van der Waals surface area (Å²) in [6, 6.07) is 15.7. The molecule has 2 atom stereocenters. The van der Waals surface area contributed by atoms with E-state index in [1.807, 2.05) is 48.2 Å². The smallest absolute Gasteiger partial charge is 0.266 e. The molecular formula is C24H24N4O3S. The molecule has 2 aliphatic heterocycles. The number of hydrogen-bond acceptors (Lipinski definition) is 6. The Labute approximate surface area is 190 Å². The number of pyridine rings is 1. The maximum atomic E-state index is 13.3. The third-order valence-electron chi connectivity index (χ3n) is 6.02. The van der Waals surface area contributed by atoms with E-state index in [4.69, 9.17) is 4.74 Å². The van der Waals surface area contributed by atoms with Crippen molar-refractivity contribution >= 4 is 23.2 Å². The molecule has 0 aliphatic carbocycles. The topological polar surface area (TPSA) is 75.6 Å². The summed E-state index contributed by atoms with van der Waals surface area (Å²) < 4.78 is 5.81. The number of likely N-dealkylation sites (tertiary alicyclic amines) is 1. The Morgan fingerprint density at radius 3 is 2.75 bits per heavy atom. The summed E-state index contributed by atoms with van der Waals surface area (Å²) in [4.78, 5) is 39.2. The van der Waals surface area contributed by atoms with Crippen molar-refractivity contribution in [1.29, 1.82) is 0 Å². The van der Waals surface area contributed by atoms with Crippen LogP contribution in [0.25, 0.3) is 10.7 Å². The van der Waals surface area contributed by atoms with Crippen LogP contribution in [0.4, 0.5) is 0 Å². The predicted octanol–water partition coefficient (Wildman–Crippen LogP) is 2.81. The van der Waals surface area contributed by atoms with Crippen LogP contribution in [0.5, 0.6) is 0 Å². The van der Waals surface area contributed by atoms with Crippen LogP contribution < -0.4 is 0 Å². The van der Waals surface area contributed by atoms with Gasteiger partial charge in [0.05, 0.1) is 23.5 Å². The van der Waals surface area contributed by atoms with Crippen LogP contribution in [-0.4, -0.2) is 70.0 Å². The SMILES string of the molecule is Cc1nc(-c2ccccn2)sc1C(=O)N1C[C@@H]2OCC(=O)N(CCc3ccccc3)[C@H]2C1. The average Bonchev–Trinajstić information content (AvgIpc) is 3.43. The molecule has 2 fully saturated rings. The highest BCUT2D eigenvalue weighted by Crippen LogP contribution is 2.30. The predicted molar refractivity (Wildman–Crippen MR) is 121 cm³/mol. The monoisotopic (exact) mass is 448 g/mol. The summed E-state index contributed by atoms with van der Waals surface area (Å²) in [6.45, 7) is 3.50. The maximum absolute atomic E-state index is 13.3. The minimum atomic E-state index is -0.157. The maximum Gasteiger partial charge on any atom is 0.266 e. The molecule has 2 aromatic heterocycles. The second-order valence-corrected chi connectivity index (χ2v) is 9.10. The van der Waals surface area contributed by atoms with E-state index in [0.29, 0.717) is 30.2 Å². The molecule has 3 aromatic rings. The van der Waals surface area contributed by atoms with Crippen molar-refractivity contribution in [3.05, 3.63) is 70.9 Å². The highest BCUT2D eigenvalue weighted by molar-refractivity contribution is 7.17. The number of aromatic nitrogens is 2. The minimum absolute atomic E-state index is 0.0112. The molecule has 2 aliphatic rings. The van der Waals surface area contributed by atoms with E-state index in [2.05, 4.69) is 22.1 Å². The first-order chi connectivity index (χ1) is 15.6. The largest absolute Gasteiger partial charge is 0.364 e. The fourth-order valence-corrected chi connectivity index (χ4v) is 5.36. The number of nitrogens with zero attached hydrogens (tertiary/aromatic N) is 4. The van der Waals surface area contributed by atoms with Gasteiger partial charge in [0.15, 0.2) is 0 Å². The number of benzene rings is 1. The summed E-state index contributed by atoms with van der Waals surface area (Å²) in [5.74, 6) is -0.0708. The lowest BCUT2D eigenvalue weighted by atomic mass is 10.1. The van der Waals surface area contributed by atoms with Crippen molar-refractivity contribution in [2.24, 2.45) is 0 Å². The Morgan fingerprint density at radius 1 is 1.16 bits per heavy atom. The number of morpholine rings is 1. The Bertz CT molecular complexity index is 1120. The molecule has 4 heterocycles. The molecule has 8 heteroatoms. The summed E-state index contributed by atoms with van der Waals surface area (Å²) in [6.07, 6.45) is 2.35. The van der Waals surface area contributed by atoms with Crippen LogP contribution in [-0.2, 0) is 16.0 Å². The molecule has 7 nitrogen and oxygen atoms in total. The fraction of sp³-hybridized carbons (Fsp3) is 0.333. The Balaban J connectivity index is 1.31. The third-order valence-corrected chi connectivity index (χ3v) is 7.19. The molecule has 0 saturated carbocycles. The zero-order chi connectivity index (χ0) is 22.1. The van der Waals surface area contributed by atoms with Crippen molar-refractivity contribution in [3.63, 3.8) is 0 Å². The van der Waals surface area contributed by atoms with E-state index in [9.17, 15) is 9.59 Å². The number of hydrogen-bond donors (Lipinski definition) is 0. The first-order valence-electron chi connectivity index (χ1n) is 10.7. The van der Waals surface area contributed by atoms with Gasteiger partial charge in [-0.1, -0.05) is 36.4 Å². The highest BCUT2D eigenvalue weighted by Gasteiger charge is 2.45. The number of amides is 2. The molecule has 0 spiro atoms. The van der Waals surface area contributed by atoms with E-state index in [1.165, 1.54) is 16.9 Å². The highest BCUT2D eigenvalue weighted by atomic mass is 32.1. The first-order valence-corrected chi connectivity index (χ1v) is 11.5. The van der Waals surface area contributed by atoms with Crippen molar-refractivity contribution in [1.82, 2.24) is 19.8 Å². The lowest BCUT2D eigenvalue weighted by molar-refractivity contribution is -0.152. The normalized spacial score (nSPS) is 20.5. The van der Waals surface area contributed by atoms with Crippen LogP contribution in [0.15, 0.2) is 54.7 Å². The second kappa shape index (κ2) is 8.80. The van der Waals surface area contributed by atoms with Crippen LogP contribution >= 0.6 is 11.3 Å². The third kappa shape index (κ3) is 4.03. The fourth-order valence-electron chi connectivity index (χ4n) is 4.35. The second-order valence-electron chi connectivity index (χ2n) is 8.10. The van der Waals surface area contributed by atoms with Gasteiger partial charge in [-0.25, -0.2) is 4.98 Å². The summed E-state index contributed by atoms with van der Waals surface area (Å²) in [5, 5.41) is 0.735. The van der Waals surface area contributed by atoms with E-state index < -0.39 is 0 Å². The van der Waals surface area contributed by atoms with E-state index in [-0.39, 0.29) is 30.6 Å². The lowest BCUT2D eigenvalue weighted by Gasteiger charge is -2.36. The number of rotatable bonds is 5. The van der Waals surface area contributed by atoms with Crippen molar-refractivity contribution in [2.75, 3.05) is 26.2 Å². The quantitative estimate of drug-likeness (QED) is 0.600. The van der Waals surface area contributed by atoms with Crippen molar-refractivity contribution < 1.29 is 14.3 Å². The number of fused-ring (bicyclic) bond motifs is 1. The Kier molecular flexibility index (Phi) is 5.71. The van der Waals surface area contributed by atoms with Gasteiger partial charge in [0.1, 0.15) is 16.5 Å². The average molecular weight is 449 g/mol. The summed E-state index contributed by atoms with van der Waals surface area (Å²) in [5.41, 5.74) is 2.65. The zero-order valence-corrected chi connectivity index (χ0v) is 18.6. The lowest BCUT2D eigenvalue weighted by Crippen LogP contribution is -2.54. The molecule has 0 radical (unpaired) electrons. The van der Waals surface area contributed by atoms with Crippen LogP contribution in [0.2, 0.25) is 0 Å². The summed E-state index contributed by atoms with van der Waals surface area (Å²) in [7, 11) is 0. The number of aryl methyl sites for hydroxylation is 1. The summed E-state index contributed by atoms with van der Waals surface area (Å²) >= 11 is 1.36. The van der Waals surface area contributed by atoms with Gasteiger partial charge in [-0.15, -0.1) is 11.3 Å². The zero-order valence-electron chi connectivity index (χ0n) is 17.8. The number of carbonyl (C=O) groups is 2. The number of thiazole rings is 1. The molecule has 2 amide bonds. The van der Waals surface area contributed by atoms with E-state index in [0.717, 1.165) is 17.1 Å². The van der Waals surface area contributed by atoms with Crippen molar-refractivity contribution in [2.45, 2.75) is 25.5 Å². The van der Waals surface area contributed by atoms with Gasteiger partial charge in [0, 0.05) is 25.8 Å². The van der Waals surface area contributed by atoms with Gasteiger partial charge in [-0.05, 0) is 31.0 Å². The molecule has 164 valence electrons. The van der Waals surface area contributed by atoms with Crippen LogP contribution in [0.3, 0.4) is 0 Å². The molecule has 0 bridgehead atoms. The molecule has 5 rings (SSSR count). The Hall–Kier alpha value is -3.10. The molecule has 1 aromatic carbocycles. The molecule has 0 unspecified atom stereocenters. The standard InChI is InChI=1S/C24H24N4O3S/c1-16-22(32-23(26-16)18-9-5-6-11-25-18)24(30)27-13-19-20(14-27)31-15-21(29)28(19)12-10-17-7-3-2-4-8-17/h2-9,11,19-20H,10,12-15H2,1H3/t19-,20-/m0/s1. The van der Waals surface area contributed by atoms with Gasteiger partial charge in [0.25, 0.3) is 5.91 Å². The Morgan fingerprint density at radius 2 is 1.97 bits per heavy atom. The van der Waals surface area contributed by atoms with Crippen LogP contribution in [0.1, 0.15) is 20.9 Å². The number of carbonyl (C=O) groups excluding carboxylic acids is 2. The molecule has 0 N–H and O–H groups in total. The molecule has 32 heavy (non-hydrogen) atoms. The van der Waals surface area contributed by atoms with Crippen LogP contribution in [0, 0.1) is 6.92 Å². The van der Waals surface area contributed by atoms with E-state index in [1.54, 1.807) is 11.1 Å². The van der Waals surface area contributed by atoms with Gasteiger partial charge < -0.3 is 14.5 Å². The van der Waals surface area contributed by atoms with Gasteiger partial charge >= 0.3 is 0 Å². The molecule has 2 saturated heterocycles. The number of ether oxygens (including phenoxy) is 1.